The van der Waals surface area contributed by atoms with Crippen LogP contribution < -0.4 is 5.73 Å². The van der Waals surface area contributed by atoms with Gasteiger partial charge in [0.15, 0.2) is 0 Å². The van der Waals surface area contributed by atoms with E-state index in [2.05, 4.69) is 10.2 Å². The largest absolute Gasteiger partial charge is 0.374 e. The molecule has 2 rings (SSSR count). The van der Waals surface area contributed by atoms with Crippen LogP contribution in [0.5, 0.6) is 0 Å². The number of nitrogens with two attached hydrogens (primary N) is 1. The van der Waals surface area contributed by atoms with Crippen LogP contribution in [0, 0.1) is 0 Å². The van der Waals surface area contributed by atoms with Crippen molar-refractivity contribution in [3.05, 3.63) is 22.4 Å². The van der Waals surface area contributed by atoms with Crippen LogP contribution >= 0.6 is 22.7 Å². The molecule has 104 valence electrons. The zero-order valence-electron chi connectivity index (χ0n) is 10.5. The molecule has 0 aliphatic heterocycles. The SMILES string of the molecule is CC(C)N(Cc1cccs1)S(=O)(=O)c1nnc(N)s1. The van der Waals surface area contributed by atoms with E-state index in [4.69, 9.17) is 5.73 Å². The molecule has 0 bridgehead atoms. The van der Waals surface area contributed by atoms with Gasteiger partial charge in [0.25, 0.3) is 10.0 Å². The van der Waals surface area contributed by atoms with E-state index in [1.165, 1.54) is 15.6 Å². The smallest absolute Gasteiger partial charge is 0.272 e. The van der Waals surface area contributed by atoms with E-state index < -0.39 is 10.0 Å². The number of anilines is 1. The topological polar surface area (TPSA) is 89.2 Å². The molecule has 2 N–H and O–H groups in total. The molecule has 0 radical (unpaired) electrons. The van der Waals surface area contributed by atoms with Crippen molar-refractivity contribution in [2.45, 2.75) is 30.8 Å². The predicted octanol–water partition coefficient (Wildman–Crippen LogP) is 1.78. The average Bonchev–Trinajstić information content (AvgIpc) is 2.96. The summed E-state index contributed by atoms with van der Waals surface area (Å²) >= 11 is 2.40. The van der Waals surface area contributed by atoms with Crippen molar-refractivity contribution < 1.29 is 8.42 Å². The van der Waals surface area contributed by atoms with Crippen LogP contribution in [0.2, 0.25) is 0 Å². The molecule has 0 saturated heterocycles. The Balaban J connectivity index is 2.33. The van der Waals surface area contributed by atoms with Crippen molar-refractivity contribution in [2.75, 3.05) is 5.73 Å². The van der Waals surface area contributed by atoms with Gasteiger partial charge < -0.3 is 5.73 Å². The van der Waals surface area contributed by atoms with Crippen LogP contribution in [0.25, 0.3) is 0 Å². The first-order chi connectivity index (χ1) is 8.91. The quantitative estimate of drug-likeness (QED) is 0.907. The number of nitrogen functional groups attached to an aromatic ring is 1. The fourth-order valence-corrected chi connectivity index (χ4v) is 4.83. The highest BCUT2D eigenvalue weighted by Gasteiger charge is 2.30. The van der Waals surface area contributed by atoms with E-state index in [0.717, 1.165) is 16.2 Å². The van der Waals surface area contributed by atoms with Gasteiger partial charge in [0.05, 0.1) is 0 Å². The van der Waals surface area contributed by atoms with Crippen LogP contribution in [0.1, 0.15) is 18.7 Å². The summed E-state index contributed by atoms with van der Waals surface area (Å²) in [7, 11) is -3.65. The van der Waals surface area contributed by atoms with Gasteiger partial charge >= 0.3 is 0 Å². The minimum absolute atomic E-state index is 0.0599. The summed E-state index contributed by atoms with van der Waals surface area (Å²) in [5.41, 5.74) is 5.45. The predicted molar refractivity (Wildman–Crippen MR) is 76.5 cm³/mol. The molecule has 0 saturated carbocycles. The molecule has 2 aromatic rings. The Morgan fingerprint density at radius 2 is 2.16 bits per heavy atom. The van der Waals surface area contributed by atoms with Crippen LogP contribution in [0.15, 0.2) is 21.9 Å². The van der Waals surface area contributed by atoms with Gasteiger partial charge in [-0.1, -0.05) is 17.4 Å². The number of aromatic nitrogens is 2. The van der Waals surface area contributed by atoms with E-state index in [9.17, 15) is 8.42 Å². The Labute approximate surface area is 119 Å². The Bertz CT molecular complexity index is 634. The second kappa shape index (κ2) is 5.53. The molecule has 2 heterocycles. The lowest BCUT2D eigenvalue weighted by Crippen LogP contribution is -2.36. The van der Waals surface area contributed by atoms with Crippen molar-refractivity contribution in [1.82, 2.24) is 14.5 Å². The van der Waals surface area contributed by atoms with Crippen molar-refractivity contribution in [3.63, 3.8) is 0 Å². The number of nitrogens with zero attached hydrogens (tertiary/aromatic N) is 3. The average molecular weight is 318 g/mol. The molecule has 0 atom stereocenters. The maximum atomic E-state index is 12.5. The van der Waals surface area contributed by atoms with Crippen LogP contribution in [0.4, 0.5) is 5.13 Å². The molecule has 9 heteroatoms. The zero-order chi connectivity index (χ0) is 14.0. The van der Waals surface area contributed by atoms with Crippen LogP contribution in [0.3, 0.4) is 0 Å². The summed E-state index contributed by atoms with van der Waals surface area (Å²) in [4.78, 5) is 0.981. The third-order valence-electron chi connectivity index (χ3n) is 2.42. The van der Waals surface area contributed by atoms with Crippen LogP contribution in [-0.2, 0) is 16.6 Å². The first kappa shape index (κ1) is 14.4. The number of thiophene rings is 1. The maximum Gasteiger partial charge on any atom is 0.272 e. The first-order valence-corrected chi connectivity index (χ1v) is 8.68. The van der Waals surface area contributed by atoms with E-state index >= 15 is 0 Å². The van der Waals surface area contributed by atoms with Gasteiger partial charge in [0, 0.05) is 17.5 Å². The normalized spacial score (nSPS) is 12.4. The number of hydrogen-bond acceptors (Lipinski definition) is 7. The number of rotatable bonds is 5. The Morgan fingerprint density at radius 3 is 2.63 bits per heavy atom. The van der Waals surface area contributed by atoms with Gasteiger partial charge in [-0.15, -0.1) is 21.5 Å². The summed E-state index contributed by atoms with van der Waals surface area (Å²) in [6.07, 6.45) is 0. The molecule has 0 aliphatic carbocycles. The second-order valence-electron chi connectivity index (χ2n) is 4.13. The molecule has 19 heavy (non-hydrogen) atoms. The molecule has 0 fully saturated rings. The van der Waals surface area contributed by atoms with E-state index in [1.807, 2.05) is 31.4 Å². The van der Waals surface area contributed by atoms with Gasteiger partial charge in [0.1, 0.15) is 0 Å². The molecule has 6 nitrogen and oxygen atoms in total. The Hall–Kier alpha value is -1.03. The van der Waals surface area contributed by atoms with Gasteiger partial charge in [-0.05, 0) is 25.3 Å². The lowest BCUT2D eigenvalue weighted by atomic mass is 10.4. The Morgan fingerprint density at radius 1 is 1.42 bits per heavy atom. The maximum absolute atomic E-state index is 12.5. The van der Waals surface area contributed by atoms with Gasteiger partial charge in [0.2, 0.25) is 9.47 Å². The lowest BCUT2D eigenvalue weighted by molar-refractivity contribution is 0.350. The summed E-state index contributed by atoms with van der Waals surface area (Å²) in [5, 5.41) is 9.27. The van der Waals surface area contributed by atoms with Crippen LogP contribution in [-0.4, -0.2) is 29.0 Å². The summed E-state index contributed by atoms with van der Waals surface area (Å²) in [6.45, 7) is 3.99. The molecule has 0 amide bonds. The number of hydrogen-bond donors (Lipinski definition) is 1. The molecular weight excluding hydrogens is 304 g/mol. The molecule has 0 aromatic carbocycles. The summed E-state index contributed by atoms with van der Waals surface area (Å²) in [5.74, 6) is 0. The van der Waals surface area contributed by atoms with Gasteiger partial charge in [-0.25, -0.2) is 8.42 Å². The minimum atomic E-state index is -3.65. The Kier molecular flexibility index (Phi) is 4.19. The van der Waals surface area contributed by atoms with E-state index in [-0.39, 0.29) is 15.5 Å². The van der Waals surface area contributed by atoms with E-state index in [0.29, 0.717) is 6.54 Å². The summed E-state index contributed by atoms with van der Waals surface area (Å²) < 4.78 is 26.3. The van der Waals surface area contributed by atoms with Crippen molar-refractivity contribution in [1.29, 1.82) is 0 Å². The highest BCUT2D eigenvalue weighted by atomic mass is 32.2. The lowest BCUT2D eigenvalue weighted by Gasteiger charge is -2.23. The summed E-state index contributed by atoms with van der Waals surface area (Å²) in [6, 6.07) is 3.63. The number of sulfonamides is 1. The highest BCUT2D eigenvalue weighted by Crippen LogP contribution is 2.25. The second-order valence-corrected chi connectivity index (χ2v) is 8.24. The molecular formula is C10H14N4O2S3. The standard InChI is InChI=1S/C10H14N4O2S3/c1-7(2)14(6-8-4-3-5-17-8)19(15,16)10-13-12-9(11)18-10/h3-5,7H,6H2,1-2H3,(H2,11,12). The van der Waals surface area contributed by atoms with Gasteiger partial charge in [-0.3, -0.25) is 0 Å². The molecule has 0 unspecified atom stereocenters. The van der Waals surface area contributed by atoms with Crippen molar-refractivity contribution in [2.24, 2.45) is 0 Å². The fourth-order valence-electron chi connectivity index (χ4n) is 1.53. The molecule has 0 spiro atoms. The third kappa shape index (κ3) is 3.11. The monoisotopic (exact) mass is 318 g/mol. The fraction of sp³-hybridized carbons (Fsp3) is 0.400. The van der Waals surface area contributed by atoms with Crippen molar-refractivity contribution >= 4 is 37.8 Å². The third-order valence-corrected chi connectivity index (χ3v) is 6.40. The molecule has 2 aromatic heterocycles. The molecule has 0 aliphatic rings. The minimum Gasteiger partial charge on any atom is -0.374 e. The highest BCUT2D eigenvalue weighted by molar-refractivity contribution is 7.91. The zero-order valence-corrected chi connectivity index (χ0v) is 12.9. The van der Waals surface area contributed by atoms with Crippen molar-refractivity contribution in [3.8, 4) is 0 Å². The first-order valence-electron chi connectivity index (χ1n) is 5.54. The van der Waals surface area contributed by atoms with E-state index in [1.54, 1.807) is 0 Å². The van der Waals surface area contributed by atoms with Gasteiger partial charge in [-0.2, -0.15) is 4.31 Å².